The molecule has 0 atom stereocenters. The Morgan fingerprint density at radius 1 is 0.758 bits per heavy atom. The van der Waals surface area contributed by atoms with E-state index < -0.39 is 8.80 Å². The number of benzene rings is 2. The molecule has 2 fully saturated rings. The molecular formula is C31H45FSi. The van der Waals surface area contributed by atoms with E-state index >= 15 is 4.39 Å². The maximum absolute atomic E-state index is 15.1. The van der Waals surface area contributed by atoms with Crippen molar-refractivity contribution in [2.75, 3.05) is 0 Å². The monoisotopic (exact) mass is 464 g/mol. The number of halogens is 1. The number of hydrogen-bond donors (Lipinski definition) is 0. The summed E-state index contributed by atoms with van der Waals surface area (Å²) in [4.78, 5) is 0. The number of unbranched alkanes of at least 4 members (excludes halogenated alkanes) is 2. The van der Waals surface area contributed by atoms with E-state index in [1.54, 1.807) is 6.04 Å². The van der Waals surface area contributed by atoms with Crippen LogP contribution in [0.4, 0.5) is 4.39 Å². The van der Waals surface area contributed by atoms with Gasteiger partial charge in [-0.2, -0.15) is 0 Å². The fourth-order valence-corrected chi connectivity index (χ4v) is 10.1. The Hall–Kier alpha value is -1.41. The van der Waals surface area contributed by atoms with E-state index in [0.29, 0.717) is 5.92 Å². The average Bonchev–Trinajstić information content (AvgIpc) is 2.85. The third kappa shape index (κ3) is 6.59. The van der Waals surface area contributed by atoms with Gasteiger partial charge in [-0.05, 0) is 79.0 Å². The summed E-state index contributed by atoms with van der Waals surface area (Å²) >= 11 is 0. The van der Waals surface area contributed by atoms with E-state index in [1.165, 1.54) is 93.8 Å². The first-order valence-corrected chi connectivity index (χ1v) is 16.5. The zero-order valence-electron chi connectivity index (χ0n) is 21.1. The van der Waals surface area contributed by atoms with Crippen molar-refractivity contribution in [2.24, 2.45) is 5.92 Å². The minimum absolute atomic E-state index is 0.0467. The first-order chi connectivity index (χ1) is 16.2. The minimum Gasteiger partial charge on any atom is -0.206 e. The van der Waals surface area contributed by atoms with Gasteiger partial charge in [-0.1, -0.05) is 100 Å². The fraction of sp³-hybridized carbons (Fsp3) is 0.613. The standard InChI is InChI=1S/C31H45FSi/c1-3-5-6-20-33-21-18-27(19-22-33)25-12-14-28(15-13-25)30-17-16-29(23-31(30)32)26-10-8-24(7-4-2)9-11-26/h12-17,23-24,26-27,33H,3-11,18-22H2,1-2H3/t24-,26-,27-,33-. The Kier molecular flexibility index (Phi) is 9.24. The summed E-state index contributed by atoms with van der Waals surface area (Å²) < 4.78 is 15.1. The lowest BCUT2D eigenvalue weighted by Crippen LogP contribution is -2.20. The van der Waals surface area contributed by atoms with Crippen molar-refractivity contribution in [3.05, 3.63) is 59.4 Å². The summed E-state index contributed by atoms with van der Waals surface area (Å²) in [6, 6.07) is 19.5. The van der Waals surface area contributed by atoms with Gasteiger partial charge in [0, 0.05) is 14.4 Å². The number of hydrogen-bond acceptors (Lipinski definition) is 0. The van der Waals surface area contributed by atoms with Crippen LogP contribution in [-0.2, 0) is 0 Å². The molecule has 33 heavy (non-hydrogen) atoms. The first-order valence-electron chi connectivity index (χ1n) is 14.1. The molecule has 1 aliphatic heterocycles. The van der Waals surface area contributed by atoms with Crippen molar-refractivity contribution >= 4 is 8.80 Å². The lowest BCUT2D eigenvalue weighted by Gasteiger charge is -2.29. The van der Waals surface area contributed by atoms with Crippen LogP contribution < -0.4 is 0 Å². The highest BCUT2D eigenvalue weighted by Crippen LogP contribution is 2.39. The lowest BCUT2D eigenvalue weighted by atomic mass is 9.77. The smallest absolute Gasteiger partial charge is 0.131 e. The Bertz CT molecular complexity index is 842. The maximum Gasteiger partial charge on any atom is 0.131 e. The molecule has 0 amide bonds. The van der Waals surface area contributed by atoms with Crippen LogP contribution in [0.1, 0.15) is 107 Å². The van der Waals surface area contributed by atoms with E-state index in [0.717, 1.165) is 23.0 Å². The van der Waals surface area contributed by atoms with E-state index in [4.69, 9.17) is 0 Å². The molecule has 0 N–H and O–H groups in total. The minimum atomic E-state index is -0.460. The molecule has 0 aromatic heterocycles. The fourth-order valence-electron chi connectivity index (χ4n) is 6.61. The molecule has 0 spiro atoms. The quantitative estimate of drug-likeness (QED) is 0.256. The second kappa shape index (κ2) is 12.3. The molecule has 1 aliphatic carbocycles. The van der Waals surface area contributed by atoms with E-state index in [2.05, 4.69) is 44.2 Å². The summed E-state index contributed by atoms with van der Waals surface area (Å²) in [6.45, 7) is 4.59. The van der Waals surface area contributed by atoms with E-state index in [9.17, 15) is 0 Å². The van der Waals surface area contributed by atoms with Gasteiger partial charge in [0.05, 0.1) is 0 Å². The normalized spacial score (nSPS) is 25.8. The molecule has 0 bridgehead atoms. The van der Waals surface area contributed by atoms with Crippen LogP contribution in [0.3, 0.4) is 0 Å². The van der Waals surface area contributed by atoms with Gasteiger partial charge in [0.1, 0.15) is 5.82 Å². The van der Waals surface area contributed by atoms with Gasteiger partial charge >= 0.3 is 0 Å². The molecule has 2 aliphatic rings. The van der Waals surface area contributed by atoms with Gasteiger partial charge in [-0.25, -0.2) is 4.39 Å². The van der Waals surface area contributed by atoms with Gasteiger partial charge in [-0.3, -0.25) is 0 Å². The molecule has 2 heteroatoms. The van der Waals surface area contributed by atoms with Crippen LogP contribution in [-0.4, -0.2) is 8.80 Å². The summed E-state index contributed by atoms with van der Waals surface area (Å²) in [7, 11) is -0.460. The summed E-state index contributed by atoms with van der Waals surface area (Å²) in [5, 5.41) is 0. The number of rotatable bonds is 9. The third-order valence-corrected chi connectivity index (χ3v) is 12.3. The van der Waals surface area contributed by atoms with Crippen LogP contribution in [0.15, 0.2) is 42.5 Å². The van der Waals surface area contributed by atoms with E-state index in [-0.39, 0.29) is 5.82 Å². The Morgan fingerprint density at radius 3 is 2.06 bits per heavy atom. The zero-order valence-corrected chi connectivity index (χ0v) is 22.3. The second-order valence-corrected chi connectivity index (χ2v) is 14.5. The van der Waals surface area contributed by atoms with Gasteiger partial charge in [0.15, 0.2) is 0 Å². The molecule has 2 aromatic carbocycles. The molecule has 0 radical (unpaired) electrons. The molecule has 180 valence electrons. The van der Waals surface area contributed by atoms with Gasteiger partial charge in [0.2, 0.25) is 0 Å². The van der Waals surface area contributed by atoms with Gasteiger partial charge < -0.3 is 0 Å². The van der Waals surface area contributed by atoms with Crippen molar-refractivity contribution in [3.63, 3.8) is 0 Å². The van der Waals surface area contributed by atoms with Gasteiger partial charge in [-0.15, -0.1) is 0 Å². The molecule has 1 saturated heterocycles. The molecule has 0 unspecified atom stereocenters. The van der Waals surface area contributed by atoms with Gasteiger partial charge in [0.25, 0.3) is 0 Å². The van der Waals surface area contributed by atoms with Crippen LogP contribution in [0.25, 0.3) is 11.1 Å². The van der Waals surface area contributed by atoms with Crippen LogP contribution in [0.2, 0.25) is 18.1 Å². The van der Waals surface area contributed by atoms with Crippen molar-refractivity contribution in [1.82, 2.24) is 0 Å². The first kappa shape index (κ1) is 24.7. The highest BCUT2D eigenvalue weighted by Gasteiger charge is 2.24. The van der Waals surface area contributed by atoms with Crippen molar-refractivity contribution in [3.8, 4) is 11.1 Å². The highest BCUT2D eigenvalue weighted by atomic mass is 28.3. The van der Waals surface area contributed by atoms with E-state index in [1.807, 2.05) is 12.1 Å². The lowest BCUT2D eigenvalue weighted by molar-refractivity contribution is 0.308. The summed E-state index contributed by atoms with van der Waals surface area (Å²) in [5.41, 5.74) is 4.47. The Morgan fingerprint density at radius 2 is 1.42 bits per heavy atom. The molecular weight excluding hydrogens is 419 g/mol. The zero-order chi connectivity index (χ0) is 23.0. The highest BCUT2D eigenvalue weighted by molar-refractivity contribution is 6.59. The van der Waals surface area contributed by atoms with Crippen LogP contribution >= 0.6 is 0 Å². The Balaban J connectivity index is 1.33. The maximum atomic E-state index is 15.1. The third-order valence-electron chi connectivity index (χ3n) is 8.76. The summed E-state index contributed by atoms with van der Waals surface area (Å²) in [6.07, 6.45) is 14.7. The van der Waals surface area contributed by atoms with Crippen molar-refractivity contribution in [2.45, 2.75) is 114 Å². The van der Waals surface area contributed by atoms with Crippen molar-refractivity contribution in [1.29, 1.82) is 0 Å². The van der Waals surface area contributed by atoms with Crippen LogP contribution in [0.5, 0.6) is 0 Å². The van der Waals surface area contributed by atoms with Crippen LogP contribution in [0, 0.1) is 11.7 Å². The topological polar surface area (TPSA) is 0 Å². The predicted molar refractivity (Wildman–Crippen MR) is 145 cm³/mol. The molecule has 1 saturated carbocycles. The molecule has 4 rings (SSSR count). The largest absolute Gasteiger partial charge is 0.206 e. The predicted octanol–water partition coefficient (Wildman–Crippen LogP) is 9.86. The summed E-state index contributed by atoms with van der Waals surface area (Å²) in [5.74, 6) is 2.12. The molecule has 1 heterocycles. The Labute approximate surface area is 204 Å². The SMILES string of the molecule is CCCCC[Si@H]1CC[C@H](c2ccc(-c3ccc([C@H]4CC[C@H](CCC)CC4)cc3F)cc2)CC1. The van der Waals surface area contributed by atoms with Crippen molar-refractivity contribution < 1.29 is 4.39 Å². The molecule has 2 aromatic rings. The average molecular weight is 465 g/mol. The molecule has 0 nitrogen and oxygen atoms in total. The second-order valence-electron chi connectivity index (χ2n) is 11.1.